The number of guanidine groups is 1. The van der Waals surface area contributed by atoms with E-state index in [4.69, 9.17) is 4.99 Å². The average Bonchev–Trinajstić information content (AvgIpc) is 3.02. The molecule has 2 saturated heterocycles. The van der Waals surface area contributed by atoms with Gasteiger partial charge in [-0.15, -0.1) is 24.0 Å². The average molecular weight is 494 g/mol. The third kappa shape index (κ3) is 3.53. The Balaban J connectivity index is 0.00000192. The van der Waals surface area contributed by atoms with Crippen molar-refractivity contribution in [2.24, 2.45) is 22.2 Å². The summed E-state index contributed by atoms with van der Waals surface area (Å²) in [6.45, 7) is 6.76. The molecule has 1 saturated carbocycles. The number of fused-ring (bicyclic) bond motifs is 3. The summed E-state index contributed by atoms with van der Waals surface area (Å²) >= 11 is 0. The van der Waals surface area contributed by atoms with E-state index in [0.717, 1.165) is 63.4 Å². The number of amides is 1. The maximum absolute atomic E-state index is 11.8. The van der Waals surface area contributed by atoms with Gasteiger partial charge in [0.05, 0.1) is 0 Å². The number of benzene rings is 1. The van der Waals surface area contributed by atoms with E-state index < -0.39 is 0 Å². The van der Waals surface area contributed by atoms with Crippen molar-refractivity contribution in [3.63, 3.8) is 0 Å². The van der Waals surface area contributed by atoms with Crippen LogP contribution in [0.25, 0.3) is 0 Å². The molecule has 1 aromatic carbocycles. The first-order valence-electron chi connectivity index (χ1n) is 10.6. The molecule has 2 aliphatic carbocycles. The van der Waals surface area contributed by atoms with E-state index in [1.807, 2.05) is 0 Å². The van der Waals surface area contributed by atoms with Gasteiger partial charge < -0.3 is 15.5 Å². The maximum atomic E-state index is 11.8. The highest BCUT2D eigenvalue weighted by Crippen LogP contribution is 2.61. The predicted octanol–water partition coefficient (Wildman–Crippen LogP) is 2.76. The molecule has 0 aromatic heterocycles. The molecule has 4 atom stereocenters. The Kier molecular flexibility index (Phi) is 5.60. The standard InChI is InChI=1S/C22H30N4O.HI/c1-2-23-21(26-9-5-8-22(14-26)11-19(27)25-13-22)24-12-18-17-10-15-6-3-4-7-16(15)20(17)18;/h3-4,6-7,17-18,20H,2,5,8-14H2,1H3,(H,23,24)(H,25,27);1H. The fourth-order valence-corrected chi connectivity index (χ4v) is 5.78. The summed E-state index contributed by atoms with van der Waals surface area (Å²) in [7, 11) is 0. The monoisotopic (exact) mass is 494 g/mol. The zero-order chi connectivity index (χ0) is 18.4. The van der Waals surface area contributed by atoms with E-state index in [2.05, 4.69) is 46.7 Å². The van der Waals surface area contributed by atoms with E-state index in [0.29, 0.717) is 12.3 Å². The number of likely N-dealkylation sites (tertiary alicyclic amines) is 1. The Hall–Kier alpha value is -1.31. The molecule has 2 aliphatic heterocycles. The van der Waals surface area contributed by atoms with Crippen LogP contribution in [0.1, 0.15) is 43.2 Å². The van der Waals surface area contributed by atoms with Crippen LogP contribution in [-0.2, 0) is 11.2 Å². The molecule has 3 fully saturated rings. The van der Waals surface area contributed by atoms with Crippen LogP contribution in [0.4, 0.5) is 0 Å². The van der Waals surface area contributed by atoms with Crippen molar-refractivity contribution in [1.82, 2.24) is 15.5 Å². The minimum atomic E-state index is 0. The molecule has 5 nitrogen and oxygen atoms in total. The lowest BCUT2D eigenvalue weighted by Crippen LogP contribution is -2.51. The lowest BCUT2D eigenvalue weighted by Gasteiger charge is -2.40. The number of nitrogens with one attached hydrogen (secondary N) is 2. The Labute approximate surface area is 184 Å². The molecule has 6 heteroatoms. The summed E-state index contributed by atoms with van der Waals surface area (Å²) in [6.07, 6.45) is 4.19. The van der Waals surface area contributed by atoms with Gasteiger partial charge in [0.2, 0.25) is 5.91 Å². The number of carbonyl (C=O) groups excluding carboxylic acids is 1. The number of aliphatic imine (C=N–C) groups is 1. The first-order valence-corrected chi connectivity index (χ1v) is 10.6. The summed E-state index contributed by atoms with van der Waals surface area (Å²) < 4.78 is 0. The van der Waals surface area contributed by atoms with Gasteiger partial charge in [0.15, 0.2) is 5.96 Å². The molecular weight excluding hydrogens is 463 g/mol. The summed E-state index contributed by atoms with van der Waals surface area (Å²) in [5.41, 5.74) is 3.23. The Morgan fingerprint density at radius 1 is 1.39 bits per heavy atom. The molecule has 0 radical (unpaired) electrons. The number of hydrogen-bond donors (Lipinski definition) is 2. The molecule has 2 N–H and O–H groups in total. The topological polar surface area (TPSA) is 56.7 Å². The van der Waals surface area contributed by atoms with Crippen molar-refractivity contribution >= 4 is 35.8 Å². The van der Waals surface area contributed by atoms with E-state index in [1.54, 1.807) is 11.1 Å². The first-order chi connectivity index (χ1) is 13.2. The van der Waals surface area contributed by atoms with Crippen molar-refractivity contribution < 1.29 is 4.79 Å². The van der Waals surface area contributed by atoms with Gasteiger partial charge in [0, 0.05) is 44.6 Å². The van der Waals surface area contributed by atoms with Gasteiger partial charge in [0.25, 0.3) is 0 Å². The minimum absolute atomic E-state index is 0. The highest BCUT2D eigenvalue weighted by atomic mass is 127. The number of halogens is 1. The van der Waals surface area contributed by atoms with Crippen LogP contribution >= 0.6 is 24.0 Å². The summed E-state index contributed by atoms with van der Waals surface area (Å²) in [6, 6.07) is 8.94. The molecule has 4 unspecified atom stereocenters. The quantitative estimate of drug-likeness (QED) is 0.386. The van der Waals surface area contributed by atoms with Gasteiger partial charge in [0.1, 0.15) is 0 Å². The smallest absolute Gasteiger partial charge is 0.220 e. The second-order valence-electron chi connectivity index (χ2n) is 8.93. The van der Waals surface area contributed by atoms with Gasteiger partial charge in [-0.05, 0) is 55.1 Å². The molecule has 0 bridgehead atoms. The number of hydrogen-bond acceptors (Lipinski definition) is 2. The first kappa shape index (κ1) is 20.0. The normalized spacial score (nSPS) is 33.2. The van der Waals surface area contributed by atoms with Crippen molar-refractivity contribution in [3.05, 3.63) is 35.4 Å². The third-order valence-corrected chi connectivity index (χ3v) is 7.15. The van der Waals surface area contributed by atoms with Gasteiger partial charge >= 0.3 is 0 Å². The molecule has 152 valence electrons. The van der Waals surface area contributed by atoms with Crippen LogP contribution in [0, 0.1) is 17.3 Å². The highest BCUT2D eigenvalue weighted by molar-refractivity contribution is 14.0. The predicted molar refractivity (Wildman–Crippen MR) is 122 cm³/mol. The summed E-state index contributed by atoms with van der Waals surface area (Å²) in [5.74, 6) is 3.51. The molecule has 1 amide bonds. The molecule has 2 heterocycles. The molecule has 1 aromatic rings. The van der Waals surface area contributed by atoms with Crippen molar-refractivity contribution in [2.75, 3.05) is 32.7 Å². The largest absolute Gasteiger partial charge is 0.357 e. The van der Waals surface area contributed by atoms with E-state index >= 15 is 0 Å². The zero-order valence-electron chi connectivity index (χ0n) is 16.6. The van der Waals surface area contributed by atoms with Crippen LogP contribution in [0.2, 0.25) is 0 Å². The maximum Gasteiger partial charge on any atom is 0.220 e. The van der Waals surface area contributed by atoms with Crippen LogP contribution in [-0.4, -0.2) is 49.5 Å². The van der Waals surface area contributed by atoms with Gasteiger partial charge in [-0.1, -0.05) is 24.3 Å². The van der Waals surface area contributed by atoms with E-state index in [1.165, 1.54) is 6.42 Å². The fraction of sp³-hybridized carbons (Fsp3) is 0.636. The van der Waals surface area contributed by atoms with E-state index in [-0.39, 0.29) is 35.3 Å². The van der Waals surface area contributed by atoms with Gasteiger partial charge in [-0.3, -0.25) is 9.79 Å². The van der Waals surface area contributed by atoms with Crippen LogP contribution in [0.15, 0.2) is 29.3 Å². The second kappa shape index (κ2) is 7.84. The zero-order valence-corrected chi connectivity index (χ0v) is 18.9. The molecule has 28 heavy (non-hydrogen) atoms. The second-order valence-corrected chi connectivity index (χ2v) is 8.93. The minimum Gasteiger partial charge on any atom is -0.357 e. The van der Waals surface area contributed by atoms with Crippen LogP contribution in [0.5, 0.6) is 0 Å². The number of carbonyl (C=O) groups is 1. The van der Waals surface area contributed by atoms with Crippen LogP contribution in [0.3, 0.4) is 0 Å². The van der Waals surface area contributed by atoms with Crippen molar-refractivity contribution in [1.29, 1.82) is 0 Å². The number of piperidine rings is 1. The molecule has 5 rings (SSSR count). The molecule has 1 spiro atoms. The lowest BCUT2D eigenvalue weighted by molar-refractivity contribution is -0.119. The Bertz CT molecular complexity index is 782. The Morgan fingerprint density at radius 2 is 2.25 bits per heavy atom. The summed E-state index contributed by atoms with van der Waals surface area (Å²) in [5, 5.41) is 6.55. The molecular formula is C22H31IN4O. The fourth-order valence-electron chi connectivity index (χ4n) is 5.78. The van der Waals surface area contributed by atoms with Crippen LogP contribution < -0.4 is 10.6 Å². The Morgan fingerprint density at radius 3 is 3.04 bits per heavy atom. The summed E-state index contributed by atoms with van der Waals surface area (Å²) in [4.78, 5) is 19.2. The molecule has 4 aliphatic rings. The van der Waals surface area contributed by atoms with Crippen molar-refractivity contribution in [3.8, 4) is 0 Å². The number of nitrogens with zero attached hydrogens (tertiary/aromatic N) is 2. The highest BCUT2D eigenvalue weighted by Gasteiger charge is 2.55. The third-order valence-electron chi connectivity index (χ3n) is 7.15. The van der Waals surface area contributed by atoms with Gasteiger partial charge in [-0.25, -0.2) is 0 Å². The van der Waals surface area contributed by atoms with Gasteiger partial charge in [-0.2, -0.15) is 0 Å². The lowest BCUT2D eigenvalue weighted by atomic mass is 9.79. The SMILES string of the molecule is CCNC(=NCC1C2Cc3ccccc3C12)N1CCCC2(CNC(=O)C2)C1.I. The van der Waals surface area contributed by atoms with E-state index in [9.17, 15) is 4.79 Å². The van der Waals surface area contributed by atoms with Crippen molar-refractivity contribution in [2.45, 2.75) is 38.5 Å². The number of rotatable bonds is 3.